The highest BCUT2D eigenvalue weighted by atomic mass is 16.5. The monoisotopic (exact) mass is 451 g/mol. The van der Waals surface area contributed by atoms with Crippen molar-refractivity contribution in [3.8, 4) is 11.5 Å². The second-order valence-corrected chi connectivity index (χ2v) is 9.21. The highest BCUT2D eigenvalue weighted by Crippen LogP contribution is 2.39. The summed E-state index contributed by atoms with van der Waals surface area (Å²) in [6.07, 6.45) is 4.42. The van der Waals surface area contributed by atoms with Gasteiger partial charge in [-0.05, 0) is 74.4 Å². The lowest BCUT2D eigenvalue weighted by Crippen LogP contribution is -2.34. The van der Waals surface area contributed by atoms with E-state index in [0.717, 1.165) is 56.4 Å². The molecule has 1 fully saturated rings. The Morgan fingerprint density at radius 1 is 1.12 bits per heavy atom. The summed E-state index contributed by atoms with van der Waals surface area (Å²) in [5.74, 6) is 1.08. The minimum absolute atomic E-state index is 0.0256. The number of nitrogens with zero attached hydrogens (tertiary/aromatic N) is 1. The van der Waals surface area contributed by atoms with Crippen LogP contribution in [0.1, 0.15) is 53.6 Å². The van der Waals surface area contributed by atoms with Gasteiger partial charge in [0.2, 0.25) is 0 Å². The van der Waals surface area contributed by atoms with Crippen LogP contribution in [0.4, 0.5) is 0 Å². The molecule has 0 bridgehead atoms. The Labute approximate surface area is 195 Å². The number of carboxylic acid groups (broad SMARTS) is 1. The second kappa shape index (κ2) is 10.8. The standard InChI is InChI=1S/C27H33NO5/c1-32-24-16-21-15-22(27(31)23(21)17-25(24)33-13-5-8-26(29)30)14-19-9-11-28(12-10-19)18-20-6-3-2-4-7-20/h2-4,6-7,16-17,19,22H,5,8-15,18H2,1H3,(H,29,30). The summed E-state index contributed by atoms with van der Waals surface area (Å²) in [6, 6.07) is 14.3. The summed E-state index contributed by atoms with van der Waals surface area (Å²) in [5, 5.41) is 8.79. The summed E-state index contributed by atoms with van der Waals surface area (Å²) in [4.78, 5) is 26.4. The lowest BCUT2D eigenvalue weighted by Gasteiger charge is -2.32. The molecule has 0 amide bonds. The minimum Gasteiger partial charge on any atom is -0.493 e. The maximum Gasteiger partial charge on any atom is 0.303 e. The van der Waals surface area contributed by atoms with Crippen LogP contribution in [0.25, 0.3) is 0 Å². The smallest absolute Gasteiger partial charge is 0.303 e. The van der Waals surface area contributed by atoms with Crippen molar-refractivity contribution >= 4 is 11.8 Å². The summed E-state index contributed by atoms with van der Waals surface area (Å²) < 4.78 is 11.2. The summed E-state index contributed by atoms with van der Waals surface area (Å²) >= 11 is 0. The normalized spacial score (nSPS) is 18.8. The van der Waals surface area contributed by atoms with E-state index in [1.54, 1.807) is 13.2 Å². The highest BCUT2D eigenvalue weighted by Gasteiger charge is 2.34. The van der Waals surface area contributed by atoms with E-state index in [-0.39, 0.29) is 24.7 Å². The Kier molecular flexibility index (Phi) is 7.65. The maximum atomic E-state index is 13.2. The predicted molar refractivity (Wildman–Crippen MR) is 126 cm³/mol. The number of rotatable bonds is 10. The van der Waals surface area contributed by atoms with Gasteiger partial charge in [-0.25, -0.2) is 0 Å². The van der Waals surface area contributed by atoms with E-state index in [0.29, 0.717) is 23.8 Å². The van der Waals surface area contributed by atoms with Gasteiger partial charge in [-0.3, -0.25) is 14.5 Å². The van der Waals surface area contributed by atoms with Crippen molar-refractivity contribution in [2.45, 2.75) is 45.1 Å². The third-order valence-corrected chi connectivity index (χ3v) is 6.86. The lowest BCUT2D eigenvalue weighted by molar-refractivity contribution is -0.137. The lowest BCUT2D eigenvalue weighted by atomic mass is 9.85. The van der Waals surface area contributed by atoms with E-state index >= 15 is 0 Å². The molecule has 1 atom stereocenters. The van der Waals surface area contributed by atoms with Crippen LogP contribution in [0.5, 0.6) is 11.5 Å². The summed E-state index contributed by atoms with van der Waals surface area (Å²) in [6.45, 7) is 3.43. The highest BCUT2D eigenvalue weighted by molar-refractivity contribution is 6.02. The summed E-state index contributed by atoms with van der Waals surface area (Å²) in [7, 11) is 1.59. The molecule has 33 heavy (non-hydrogen) atoms. The molecule has 1 N–H and O–H groups in total. The number of ether oxygens (including phenoxy) is 2. The number of hydrogen-bond acceptors (Lipinski definition) is 5. The van der Waals surface area contributed by atoms with Crippen LogP contribution in [-0.4, -0.2) is 48.6 Å². The Bertz CT molecular complexity index is 966. The molecule has 6 heteroatoms. The van der Waals surface area contributed by atoms with Gasteiger partial charge in [-0.1, -0.05) is 30.3 Å². The Balaban J connectivity index is 1.31. The Morgan fingerprint density at radius 2 is 1.88 bits per heavy atom. The first kappa shape index (κ1) is 23.3. The molecule has 0 saturated carbocycles. The molecular weight excluding hydrogens is 418 g/mol. The molecule has 4 rings (SSSR count). The molecule has 0 radical (unpaired) electrons. The number of likely N-dealkylation sites (tertiary alicyclic amines) is 1. The van der Waals surface area contributed by atoms with E-state index in [2.05, 4.69) is 35.2 Å². The number of Topliss-reactive ketones (excluding diaryl/α,β-unsaturated/α-hetero) is 1. The first-order valence-electron chi connectivity index (χ1n) is 11.9. The molecule has 1 aliphatic heterocycles. The van der Waals surface area contributed by atoms with Gasteiger partial charge in [-0.2, -0.15) is 0 Å². The van der Waals surface area contributed by atoms with Crippen LogP contribution < -0.4 is 9.47 Å². The number of aliphatic carboxylic acids is 1. The van der Waals surface area contributed by atoms with Crippen molar-refractivity contribution in [2.75, 3.05) is 26.8 Å². The first-order chi connectivity index (χ1) is 16.0. The number of hydrogen-bond donors (Lipinski definition) is 1. The topological polar surface area (TPSA) is 76.1 Å². The zero-order valence-corrected chi connectivity index (χ0v) is 19.3. The van der Waals surface area contributed by atoms with Gasteiger partial charge >= 0.3 is 5.97 Å². The van der Waals surface area contributed by atoms with Crippen LogP contribution in [0.3, 0.4) is 0 Å². The van der Waals surface area contributed by atoms with Crippen LogP contribution >= 0.6 is 0 Å². The molecular formula is C27H33NO5. The number of carbonyl (C=O) groups excluding carboxylic acids is 1. The van der Waals surface area contributed by atoms with Crippen molar-refractivity contribution in [3.05, 3.63) is 59.2 Å². The number of benzene rings is 2. The zero-order chi connectivity index (χ0) is 23.2. The molecule has 1 unspecified atom stereocenters. The number of carboxylic acids is 1. The van der Waals surface area contributed by atoms with Crippen molar-refractivity contribution < 1.29 is 24.2 Å². The van der Waals surface area contributed by atoms with Crippen LogP contribution in [0.15, 0.2) is 42.5 Å². The van der Waals surface area contributed by atoms with Gasteiger partial charge in [-0.15, -0.1) is 0 Å². The average molecular weight is 452 g/mol. The molecule has 1 aliphatic carbocycles. The van der Waals surface area contributed by atoms with E-state index < -0.39 is 5.97 Å². The Hall–Kier alpha value is -2.86. The molecule has 1 heterocycles. The van der Waals surface area contributed by atoms with E-state index in [4.69, 9.17) is 14.6 Å². The molecule has 2 aliphatic rings. The van der Waals surface area contributed by atoms with Crippen LogP contribution in [-0.2, 0) is 17.8 Å². The van der Waals surface area contributed by atoms with Crippen molar-refractivity contribution in [2.24, 2.45) is 11.8 Å². The van der Waals surface area contributed by atoms with E-state index in [9.17, 15) is 9.59 Å². The molecule has 0 spiro atoms. The second-order valence-electron chi connectivity index (χ2n) is 9.21. The van der Waals surface area contributed by atoms with Gasteiger partial charge in [0.15, 0.2) is 17.3 Å². The fourth-order valence-corrected chi connectivity index (χ4v) is 5.07. The fourth-order valence-electron chi connectivity index (χ4n) is 5.07. The van der Waals surface area contributed by atoms with Crippen LogP contribution in [0, 0.1) is 11.8 Å². The van der Waals surface area contributed by atoms with E-state index in [1.807, 2.05) is 6.07 Å². The molecule has 2 aromatic rings. The maximum absolute atomic E-state index is 13.2. The third kappa shape index (κ3) is 5.93. The Morgan fingerprint density at radius 3 is 2.58 bits per heavy atom. The van der Waals surface area contributed by atoms with Crippen molar-refractivity contribution in [1.82, 2.24) is 4.90 Å². The van der Waals surface area contributed by atoms with Gasteiger partial charge in [0.05, 0.1) is 13.7 Å². The molecule has 176 valence electrons. The predicted octanol–water partition coefficient (Wildman–Crippen LogP) is 4.60. The van der Waals surface area contributed by atoms with Gasteiger partial charge in [0.1, 0.15) is 0 Å². The minimum atomic E-state index is -0.844. The number of ketones is 1. The first-order valence-corrected chi connectivity index (χ1v) is 11.9. The summed E-state index contributed by atoms with van der Waals surface area (Å²) in [5.41, 5.74) is 3.11. The van der Waals surface area contributed by atoms with Crippen molar-refractivity contribution in [1.29, 1.82) is 0 Å². The molecule has 1 saturated heterocycles. The van der Waals surface area contributed by atoms with Gasteiger partial charge in [0.25, 0.3) is 0 Å². The van der Waals surface area contributed by atoms with Gasteiger partial charge in [0, 0.05) is 24.4 Å². The molecule has 6 nitrogen and oxygen atoms in total. The van der Waals surface area contributed by atoms with Gasteiger partial charge < -0.3 is 14.6 Å². The molecule has 0 aromatic heterocycles. The number of methoxy groups -OCH3 is 1. The average Bonchev–Trinajstić information content (AvgIpc) is 3.12. The number of piperidine rings is 1. The number of carbonyl (C=O) groups is 2. The van der Waals surface area contributed by atoms with Crippen molar-refractivity contribution in [3.63, 3.8) is 0 Å². The fraction of sp³-hybridized carbons (Fsp3) is 0.481. The van der Waals surface area contributed by atoms with Crippen LogP contribution in [0.2, 0.25) is 0 Å². The zero-order valence-electron chi connectivity index (χ0n) is 19.3. The van der Waals surface area contributed by atoms with E-state index in [1.165, 1.54) is 5.56 Å². The quantitative estimate of drug-likeness (QED) is 0.532. The largest absolute Gasteiger partial charge is 0.493 e. The number of fused-ring (bicyclic) bond motifs is 1. The third-order valence-electron chi connectivity index (χ3n) is 6.86. The SMILES string of the molecule is COc1cc2c(cc1OCCCC(=O)O)C(=O)C(CC1CCN(Cc3ccccc3)CC1)C2. The molecule has 2 aromatic carbocycles.